The van der Waals surface area contributed by atoms with Gasteiger partial charge < -0.3 is 21.0 Å². The Bertz CT molecular complexity index is 607. The molecular formula is C13H15N5O3. The van der Waals surface area contributed by atoms with Crippen LogP contribution in [-0.4, -0.2) is 33.8 Å². The summed E-state index contributed by atoms with van der Waals surface area (Å²) in [6.07, 6.45) is 3.33. The first-order valence-electron chi connectivity index (χ1n) is 6.14. The number of hydrogen-bond acceptors (Lipinski definition) is 5. The average molecular weight is 289 g/mol. The van der Waals surface area contributed by atoms with Crippen molar-refractivity contribution in [3.05, 3.63) is 47.8 Å². The third kappa shape index (κ3) is 4.23. The van der Waals surface area contributed by atoms with E-state index in [-0.39, 0.29) is 18.3 Å². The van der Waals surface area contributed by atoms with Crippen LogP contribution < -0.4 is 15.8 Å². The fourth-order valence-electron chi connectivity index (χ4n) is 1.55. The maximum atomic E-state index is 11.6. The van der Waals surface area contributed by atoms with Crippen LogP contribution in [0.3, 0.4) is 0 Å². The quantitative estimate of drug-likeness (QED) is 0.261. The molecule has 1 amide bonds. The van der Waals surface area contributed by atoms with E-state index in [2.05, 4.69) is 20.7 Å². The van der Waals surface area contributed by atoms with Gasteiger partial charge in [0.1, 0.15) is 5.75 Å². The molecule has 21 heavy (non-hydrogen) atoms. The van der Waals surface area contributed by atoms with E-state index >= 15 is 0 Å². The molecule has 8 heteroatoms. The second-order valence-corrected chi connectivity index (χ2v) is 4.18. The first-order valence-corrected chi connectivity index (χ1v) is 6.14. The van der Waals surface area contributed by atoms with Gasteiger partial charge in [-0.1, -0.05) is 5.16 Å². The molecule has 0 radical (unpaired) electrons. The Kier molecular flexibility index (Phi) is 4.75. The number of carbonyl (C=O) groups excluding carboxylic acids is 1. The summed E-state index contributed by atoms with van der Waals surface area (Å²) >= 11 is 0. The highest BCUT2D eigenvalue weighted by Crippen LogP contribution is 2.11. The molecule has 0 unspecified atom stereocenters. The molecule has 5 N–H and O–H groups in total. The lowest BCUT2D eigenvalue weighted by Gasteiger charge is -2.07. The lowest BCUT2D eigenvalue weighted by Crippen LogP contribution is -2.28. The van der Waals surface area contributed by atoms with Crippen molar-refractivity contribution < 1.29 is 14.7 Å². The van der Waals surface area contributed by atoms with Crippen LogP contribution in [0.15, 0.2) is 41.8 Å². The number of H-pyrrole nitrogens is 1. The highest BCUT2D eigenvalue weighted by atomic mass is 16.5. The molecule has 1 heterocycles. The Balaban J connectivity index is 1.78. The number of rotatable bonds is 6. The molecule has 110 valence electrons. The maximum Gasteiger partial charge on any atom is 0.258 e. The lowest BCUT2D eigenvalue weighted by atomic mass is 10.2. The van der Waals surface area contributed by atoms with E-state index in [0.29, 0.717) is 17.9 Å². The van der Waals surface area contributed by atoms with E-state index in [1.807, 2.05) is 0 Å². The van der Waals surface area contributed by atoms with Crippen LogP contribution in [0.2, 0.25) is 0 Å². The van der Waals surface area contributed by atoms with Crippen LogP contribution in [0, 0.1) is 0 Å². The molecule has 1 aromatic carbocycles. The fourth-order valence-corrected chi connectivity index (χ4v) is 1.55. The van der Waals surface area contributed by atoms with Crippen LogP contribution in [0.25, 0.3) is 0 Å². The summed E-state index contributed by atoms with van der Waals surface area (Å²) in [6.45, 7) is 0.294. The summed E-state index contributed by atoms with van der Waals surface area (Å²) in [5.74, 6) is 0.291. The van der Waals surface area contributed by atoms with Crippen LogP contribution in [0.5, 0.6) is 5.75 Å². The molecule has 0 fully saturated rings. The molecule has 2 rings (SSSR count). The van der Waals surface area contributed by atoms with E-state index in [0.717, 1.165) is 5.56 Å². The van der Waals surface area contributed by atoms with Gasteiger partial charge in [0, 0.05) is 23.9 Å². The van der Waals surface area contributed by atoms with E-state index in [4.69, 9.17) is 15.7 Å². The SMILES string of the molecule is NC(=NO)c1ccc(OCC(=O)NCc2cn[nH]c2)cc1. The number of hydrogen-bond donors (Lipinski definition) is 4. The van der Waals surface area contributed by atoms with Gasteiger partial charge in [-0.15, -0.1) is 0 Å². The van der Waals surface area contributed by atoms with Gasteiger partial charge in [-0.2, -0.15) is 5.10 Å². The number of aromatic nitrogens is 2. The summed E-state index contributed by atoms with van der Waals surface area (Å²) in [6, 6.07) is 6.54. The summed E-state index contributed by atoms with van der Waals surface area (Å²) in [4.78, 5) is 11.6. The van der Waals surface area contributed by atoms with Crippen molar-refractivity contribution >= 4 is 11.7 Å². The number of oxime groups is 1. The maximum absolute atomic E-state index is 11.6. The Morgan fingerprint density at radius 3 is 2.81 bits per heavy atom. The number of benzene rings is 1. The number of nitrogens with two attached hydrogens (primary N) is 1. The highest BCUT2D eigenvalue weighted by molar-refractivity contribution is 5.97. The van der Waals surface area contributed by atoms with Crippen molar-refractivity contribution in [1.82, 2.24) is 15.5 Å². The number of aromatic amines is 1. The van der Waals surface area contributed by atoms with Gasteiger partial charge in [-0.3, -0.25) is 9.89 Å². The van der Waals surface area contributed by atoms with Crippen molar-refractivity contribution in [3.63, 3.8) is 0 Å². The molecule has 0 saturated carbocycles. The molecule has 0 spiro atoms. The number of amidine groups is 1. The van der Waals surface area contributed by atoms with Gasteiger partial charge in [-0.25, -0.2) is 0 Å². The molecule has 0 saturated heterocycles. The predicted molar refractivity (Wildman–Crippen MR) is 74.9 cm³/mol. The third-order valence-corrected chi connectivity index (χ3v) is 2.67. The fraction of sp³-hybridized carbons (Fsp3) is 0.154. The summed E-state index contributed by atoms with van der Waals surface area (Å²) < 4.78 is 5.33. The topological polar surface area (TPSA) is 126 Å². The van der Waals surface area contributed by atoms with Crippen LogP contribution in [0.4, 0.5) is 0 Å². The number of amides is 1. The van der Waals surface area contributed by atoms with Crippen LogP contribution in [0.1, 0.15) is 11.1 Å². The van der Waals surface area contributed by atoms with E-state index < -0.39 is 0 Å². The third-order valence-electron chi connectivity index (χ3n) is 2.67. The van der Waals surface area contributed by atoms with Gasteiger partial charge in [-0.05, 0) is 24.3 Å². The van der Waals surface area contributed by atoms with Gasteiger partial charge in [0.15, 0.2) is 12.4 Å². The van der Waals surface area contributed by atoms with Gasteiger partial charge in [0.25, 0.3) is 5.91 Å². The van der Waals surface area contributed by atoms with Gasteiger partial charge in [0.2, 0.25) is 0 Å². The molecule has 8 nitrogen and oxygen atoms in total. The Morgan fingerprint density at radius 1 is 1.43 bits per heavy atom. The first kappa shape index (κ1) is 14.4. The summed E-state index contributed by atoms with van der Waals surface area (Å²) in [5, 5.41) is 20.6. The highest BCUT2D eigenvalue weighted by Gasteiger charge is 2.04. The summed E-state index contributed by atoms with van der Waals surface area (Å²) in [7, 11) is 0. The number of nitrogens with one attached hydrogen (secondary N) is 2. The zero-order valence-corrected chi connectivity index (χ0v) is 11.1. The van der Waals surface area contributed by atoms with E-state index in [1.54, 1.807) is 36.7 Å². The standard InChI is InChI=1S/C13H15N5O3/c14-13(18-20)10-1-3-11(4-2-10)21-8-12(19)15-5-9-6-16-17-7-9/h1-4,6-7,20H,5,8H2,(H2,14,18)(H,15,19)(H,16,17). The Morgan fingerprint density at radius 2 is 2.19 bits per heavy atom. The molecule has 0 atom stereocenters. The molecule has 2 aromatic rings. The second kappa shape index (κ2) is 6.94. The van der Waals surface area contributed by atoms with Crippen LogP contribution in [-0.2, 0) is 11.3 Å². The van der Waals surface area contributed by atoms with Crippen molar-refractivity contribution in [2.24, 2.45) is 10.9 Å². The van der Waals surface area contributed by atoms with Crippen LogP contribution >= 0.6 is 0 Å². The number of nitrogens with zero attached hydrogens (tertiary/aromatic N) is 2. The predicted octanol–water partition coefficient (Wildman–Crippen LogP) is 0.199. The monoisotopic (exact) mass is 289 g/mol. The van der Waals surface area contributed by atoms with Gasteiger partial charge >= 0.3 is 0 Å². The minimum absolute atomic E-state index is 0.0133. The molecule has 0 aliphatic heterocycles. The Hall–Kier alpha value is -3.03. The second-order valence-electron chi connectivity index (χ2n) is 4.18. The minimum Gasteiger partial charge on any atom is -0.484 e. The number of carbonyl (C=O) groups is 1. The molecule has 0 bridgehead atoms. The zero-order chi connectivity index (χ0) is 15.1. The first-order chi connectivity index (χ1) is 10.2. The molecule has 0 aliphatic rings. The van der Waals surface area contributed by atoms with Crippen molar-refractivity contribution in [2.75, 3.05) is 6.61 Å². The molecular weight excluding hydrogens is 274 g/mol. The largest absolute Gasteiger partial charge is 0.484 e. The van der Waals surface area contributed by atoms with Crippen molar-refractivity contribution in [3.8, 4) is 5.75 Å². The lowest BCUT2D eigenvalue weighted by molar-refractivity contribution is -0.123. The van der Waals surface area contributed by atoms with E-state index in [9.17, 15) is 4.79 Å². The minimum atomic E-state index is -0.239. The smallest absolute Gasteiger partial charge is 0.258 e. The van der Waals surface area contributed by atoms with Crippen molar-refractivity contribution in [1.29, 1.82) is 0 Å². The average Bonchev–Trinajstić information content (AvgIpc) is 3.04. The van der Waals surface area contributed by atoms with Gasteiger partial charge in [0.05, 0.1) is 6.20 Å². The number of ether oxygens (including phenoxy) is 1. The summed E-state index contributed by atoms with van der Waals surface area (Å²) in [5.41, 5.74) is 6.88. The van der Waals surface area contributed by atoms with Crippen molar-refractivity contribution in [2.45, 2.75) is 6.54 Å². The Labute approximate surface area is 120 Å². The zero-order valence-electron chi connectivity index (χ0n) is 11.1. The molecule has 0 aliphatic carbocycles. The van der Waals surface area contributed by atoms with E-state index in [1.165, 1.54) is 0 Å². The molecule has 1 aromatic heterocycles. The normalized spacial score (nSPS) is 11.1.